The van der Waals surface area contributed by atoms with Crippen LogP contribution in [0.3, 0.4) is 0 Å². The lowest BCUT2D eigenvalue weighted by molar-refractivity contribution is -0.139. The Morgan fingerprint density at radius 2 is 1.61 bits per heavy atom. The van der Waals surface area contributed by atoms with E-state index < -0.39 is 12.6 Å². The number of carbonyl (C=O) groups is 1. The molecule has 1 aromatic heterocycles. The average Bonchev–Trinajstić information content (AvgIpc) is 3.32. The molecule has 3 aromatic carbocycles. The van der Waals surface area contributed by atoms with E-state index in [-0.39, 0.29) is 28.8 Å². The van der Waals surface area contributed by atoms with Crippen molar-refractivity contribution in [3.8, 4) is 51.2 Å². The number of halogens is 2. The second-order valence-corrected chi connectivity index (χ2v) is 7.95. The Kier molecular flexibility index (Phi) is 7.30. The van der Waals surface area contributed by atoms with Gasteiger partial charge >= 0.3 is 5.97 Å². The van der Waals surface area contributed by atoms with Crippen LogP contribution in [-0.4, -0.2) is 48.8 Å². The van der Waals surface area contributed by atoms with Crippen molar-refractivity contribution in [2.75, 3.05) is 27.9 Å². The first kappa shape index (κ1) is 24.9. The topological polar surface area (TPSA) is 92.0 Å². The molecule has 0 amide bonds. The molecule has 0 radical (unpaired) electrons. The Hall–Kier alpha value is -4.24. The molecule has 0 aliphatic rings. The van der Waals surface area contributed by atoms with Gasteiger partial charge in [-0.1, -0.05) is 11.6 Å². The molecule has 1 N–H and O–H groups in total. The molecule has 4 aromatic rings. The van der Waals surface area contributed by atoms with Crippen molar-refractivity contribution in [3.05, 3.63) is 71.5 Å². The number of aliphatic carboxylic acids is 1. The lowest BCUT2D eigenvalue weighted by Crippen LogP contribution is -2.11. The van der Waals surface area contributed by atoms with E-state index in [2.05, 4.69) is 0 Å². The van der Waals surface area contributed by atoms with E-state index in [1.54, 1.807) is 47.1 Å². The van der Waals surface area contributed by atoms with Crippen molar-refractivity contribution in [2.45, 2.75) is 0 Å². The van der Waals surface area contributed by atoms with Crippen molar-refractivity contribution < 1.29 is 33.2 Å². The summed E-state index contributed by atoms with van der Waals surface area (Å²) >= 11 is 6.08. The third-order valence-corrected chi connectivity index (χ3v) is 5.57. The third-order valence-electron chi connectivity index (χ3n) is 5.32. The van der Waals surface area contributed by atoms with Gasteiger partial charge in [-0.3, -0.25) is 0 Å². The number of benzene rings is 3. The van der Waals surface area contributed by atoms with Crippen LogP contribution in [0.4, 0.5) is 4.39 Å². The summed E-state index contributed by atoms with van der Waals surface area (Å²) in [5.74, 6) is -0.561. The minimum atomic E-state index is -1.16. The minimum Gasteiger partial charge on any atom is -0.493 e. The van der Waals surface area contributed by atoms with Crippen LogP contribution >= 0.6 is 11.6 Å². The van der Waals surface area contributed by atoms with E-state index in [0.717, 1.165) is 0 Å². The maximum Gasteiger partial charge on any atom is 0.341 e. The van der Waals surface area contributed by atoms with Gasteiger partial charge in [-0.05, 0) is 54.6 Å². The van der Waals surface area contributed by atoms with Gasteiger partial charge in [0.2, 0.25) is 5.75 Å². The zero-order valence-corrected chi connectivity index (χ0v) is 20.4. The first-order valence-electron chi connectivity index (χ1n) is 10.7. The van der Waals surface area contributed by atoms with Gasteiger partial charge in [0.1, 0.15) is 17.3 Å². The van der Waals surface area contributed by atoms with E-state index in [4.69, 9.17) is 35.6 Å². The van der Waals surface area contributed by atoms with Gasteiger partial charge in [0, 0.05) is 16.7 Å². The first-order chi connectivity index (χ1) is 17.4. The normalized spacial score (nSPS) is 10.7. The molecule has 186 valence electrons. The summed E-state index contributed by atoms with van der Waals surface area (Å²) in [4.78, 5) is 11.3. The number of nitrogens with zero attached hydrogens (tertiary/aromatic N) is 2. The quantitative estimate of drug-likeness (QED) is 0.317. The Morgan fingerprint density at radius 3 is 2.19 bits per heavy atom. The van der Waals surface area contributed by atoms with E-state index in [1.807, 2.05) is 0 Å². The van der Waals surface area contributed by atoms with Crippen molar-refractivity contribution >= 4 is 17.6 Å². The summed E-state index contributed by atoms with van der Waals surface area (Å²) in [6.45, 7) is -0.603. The van der Waals surface area contributed by atoms with Crippen molar-refractivity contribution in [3.63, 3.8) is 0 Å². The van der Waals surface area contributed by atoms with Crippen LogP contribution in [0.15, 0.2) is 60.7 Å². The summed E-state index contributed by atoms with van der Waals surface area (Å²) < 4.78 is 37.5. The molecule has 36 heavy (non-hydrogen) atoms. The molecule has 0 fully saturated rings. The second-order valence-electron chi connectivity index (χ2n) is 7.51. The molecule has 0 bridgehead atoms. The SMILES string of the molecule is COc1cc(OCC(=O)O)c(-c2cc(-c3ccc(F)cc3)n(-c3ccc(Cl)cc3)n2)c(OC)c1OC. The summed E-state index contributed by atoms with van der Waals surface area (Å²) in [5.41, 5.74) is 2.76. The monoisotopic (exact) mass is 512 g/mol. The number of hydrogen-bond acceptors (Lipinski definition) is 6. The first-order valence-corrected chi connectivity index (χ1v) is 11.0. The molecule has 0 saturated heterocycles. The molecule has 0 saturated carbocycles. The van der Waals surface area contributed by atoms with Gasteiger partial charge in [0.05, 0.1) is 38.3 Å². The van der Waals surface area contributed by atoms with Crippen molar-refractivity contribution in [1.82, 2.24) is 9.78 Å². The highest BCUT2D eigenvalue weighted by molar-refractivity contribution is 6.30. The number of carboxylic acid groups (broad SMARTS) is 1. The molecule has 0 aliphatic heterocycles. The van der Waals surface area contributed by atoms with Crippen LogP contribution in [0, 0.1) is 5.82 Å². The van der Waals surface area contributed by atoms with Gasteiger partial charge in [-0.25, -0.2) is 13.9 Å². The molecular weight excluding hydrogens is 491 g/mol. The van der Waals surface area contributed by atoms with Gasteiger partial charge in [0.15, 0.2) is 18.1 Å². The summed E-state index contributed by atoms with van der Waals surface area (Å²) in [5, 5.41) is 14.5. The Morgan fingerprint density at radius 1 is 0.944 bits per heavy atom. The number of methoxy groups -OCH3 is 3. The van der Waals surface area contributed by atoms with Crippen LogP contribution in [0.2, 0.25) is 5.02 Å². The lowest BCUT2D eigenvalue weighted by atomic mass is 10.1. The number of aromatic nitrogens is 2. The van der Waals surface area contributed by atoms with Gasteiger partial charge in [0.25, 0.3) is 0 Å². The fraction of sp³-hybridized carbons (Fsp3) is 0.154. The van der Waals surface area contributed by atoms with Gasteiger partial charge < -0.3 is 24.1 Å². The maximum absolute atomic E-state index is 13.7. The number of rotatable bonds is 9. The van der Waals surface area contributed by atoms with Crippen LogP contribution in [-0.2, 0) is 4.79 Å². The highest BCUT2D eigenvalue weighted by Crippen LogP contribution is 2.50. The number of hydrogen-bond donors (Lipinski definition) is 1. The smallest absolute Gasteiger partial charge is 0.341 e. The van der Waals surface area contributed by atoms with Crippen molar-refractivity contribution in [2.24, 2.45) is 0 Å². The fourth-order valence-corrected chi connectivity index (χ4v) is 3.86. The predicted molar refractivity (Wildman–Crippen MR) is 132 cm³/mol. The minimum absolute atomic E-state index is 0.165. The van der Waals surface area contributed by atoms with E-state index in [9.17, 15) is 14.3 Å². The zero-order chi connectivity index (χ0) is 25.8. The van der Waals surface area contributed by atoms with E-state index in [0.29, 0.717) is 33.2 Å². The van der Waals surface area contributed by atoms with Crippen LogP contribution in [0.1, 0.15) is 0 Å². The van der Waals surface area contributed by atoms with Crippen molar-refractivity contribution in [1.29, 1.82) is 0 Å². The second kappa shape index (κ2) is 10.6. The predicted octanol–water partition coefficient (Wildman–Crippen LogP) is 5.49. The van der Waals surface area contributed by atoms with Crippen LogP contribution in [0.5, 0.6) is 23.0 Å². The fourth-order valence-electron chi connectivity index (χ4n) is 3.74. The standard InChI is InChI=1S/C26H22ClFN2O6/c1-33-22-13-21(36-14-23(31)32)24(26(35-3)25(22)34-2)19-12-20(15-4-8-17(28)9-5-15)30(29-19)18-10-6-16(27)7-11-18/h4-13H,14H2,1-3H3,(H,31,32). The third kappa shape index (κ3) is 4.92. The molecule has 0 unspecified atom stereocenters. The number of carboxylic acids is 1. The molecule has 4 rings (SSSR count). The van der Waals surface area contributed by atoms with Crippen LogP contribution in [0.25, 0.3) is 28.2 Å². The molecule has 0 atom stereocenters. The lowest BCUT2D eigenvalue weighted by Gasteiger charge is -2.18. The highest BCUT2D eigenvalue weighted by Gasteiger charge is 2.26. The van der Waals surface area contributed by atoms with Gasteiger partial charge in [-0.2, -0.15) is 5.10 Å². The van der Waals surface area contributed by atoms with Gasteiger partial charge in [-0.15, -0.1) is 0 Å². The van der Waals surface area contributed by atoms with E-state index >= 15 is 0 Å². The Bertz CT molecular complexity index is 1320. The maximum atomic E-state index is 13.7. The molecule has 1 heterocycles. The molecule has 0 aliphatic carbocycles. The largest absolute Gasteiger partial charge is 0.493 e. The number of ether oxygens (including phenoxy) is 4. The molecular formula is C26H22ClFN2O6. The van der Waals surface area contributed by atoms with E-state index in [1.165, 1.54) is 39.5 Å². The summed E-state index contributed by atoms with van der Waals surface area (Å²) in [6, 6.07) is 16.3. The molecule has 10 heteroatoms. The average molecular weight is 513 g/mol. The zero-order valence-electron chi connectivity index (χ0n) is 19.6. The summed E-state index contributed by atoms with van der Waals surface area (Å²) in [6.07, 6.45) is 0. The van der Waals surface area contributed by atoms with Crippen LogP contribution < -0.4 is 18.9 Å². The highest BCUT2D eigenvalue weighted by atomic mass is 35.5. The Balaban J connectivity index is 2.00. The molecule has 8 nitrogen and oxygen atoms in total. The Labute approximate surface area is 211 Å². The molecule has 0 spiro atoms. The summed E-state index contributed by atoms with van der Waals surface area (Å²) in [7, 11) is 4.34.